The van der Waals surface area contributed by atoms with E-state index in [9.17, 15) is 0 Å². The van der Waals surface area contributed by atoms with E-state index >= 15 is 0 Å². The van der Waals surface area contributed by atoms with Crippen molar-refractivity contribution in [3.8, 4) is 5.82 Å². The molecule has 0 unspecified atom stereocenters. The van der Waals surface area contributed by atoms with Gasteiger partial charge in [0.25, 0.3) is 0 Å². The fourth-order valence-corrected chi connectivity index (χ4v) is 2.15. The molecular weight excluding hydrogens is 258 g/mol. The molecule has 0 aliphatic carbocycles. The smallest absolute Gasteiger partial charge is 0.161 e. The lowest BCUT2D eigenvalue weighted by atomic mass is 10.3. The van der Waals surface area contributed by atoms with E-state index in [1.807, 2.05) is 41.0 Å². The van der Waals surface area contributed by atoms with Crippen molar-refractivity contribution in [3.63, 3.8) is 0 Å². The van der Waals surface area contributed by atoms with Gasteiger partial charge in [0.2, 0.25) is 0 Å². The zero-order valence-electron chi connectivity index (χ0n) is 10.0. The number of para-hydroxylation sites is 2. The highest BCUT2D eigenvalue weighted by atomic mass is 32.1. The number of imidazole rings is 1. The molecular formula is C13H11N5S. The van der Waals surface area contributed by atoms with Crippen LogP contribution in [0.15, 0.2) is 42.6 Å². The summed E-state index contributed by atoms with van der Waals surface area (Å²) in [6, 6.07) is 11.6. The minimum absolute atomic E-state index is 0.403. The van der Waals surface area contributed by atoms with Crippen LogP contribution in [0, 0.1) is 0 Å². The van der Waals surface area contributed by atoms with Crippen molar-refractivity contribution in [2.24, 2.45) is 5.73 Å². The van der Waals surface area contributed by atoms with Gasteiger partial charge in [0.15, 0.2) is 5.82 Å². The van der Waals surface area contributed by atoms with Crippen LogP contribution in [-0.2, 0) is 6.42 Å². The Kier molecular flexibility index (Phi) is 2.92. The van der Waals surface area contributed by atoms with Gasteiger partial charge in [-0.2, -0.15) is 5.10 Å². The number of aromatic nitrogens is 4. The van der Waals surface area contributed by atoms with Gasteiger partial charge in [-0.3, -0.25) is 4.57 Å². The van der Waals surface area contributed by atoms with E-state index in [0.717, 1.165) is 16.9 Å². The monoisotopic (exact) mass is 269 g/mol. The highest BCUT2D eigenvalue weighted by Crippen LogP contribution is 2.20. The minimum Gasteiger partial charge on any atom is -0.393 e. The Bertz CT molecular complexity index is 735. The zero-order valence-corrected chi connectivity index (χ0v) is 10.8. The van der Waals surface area contributed by atoms with Crippen LogP contribution in [0.3, 0.4) is 0 Å². The standard InChI is InChI=1S/C13H11N5S/c14-11(19)8-13-16-9-4-1-2-5-10(9)18(13)12-6-3-7-15-17-12/h1-7H,8H2,(H2,14,19). The first-order chi connectivity index (χ1) is 9.25. The molecule has 0 saturated heterocycles. The number of rotatable bonds is 3. The Morgan fingerprint density at radius 1 is 1.21 bits per heavy atom. The molecule has 0 spiro atoms. The van der Waals surface area contributed by atoms with Crippen LogP contribution in [0.2, 0.25) is 0 Å². The normalized spacial score (nSPS) is 10.7. The second-order valence-corrected chi connectivity index (χ2v) is 4.60. The van der Waals surface area contributed by atoms with Crippen LogP contribution in [0.5, 0.6) is 0 Å². The van der Waals surface area contributed by atoms with Crippen molar-refractivity contribution < 1.29 is 0 Å². The van der Waals surface area contributed by atoms with Gasteiger partial charge in [-0.15, -0.1) is 5.10 Å². The largest absolute Gasteiger partial charge is 0.393 e. The minimum atomic E-state index is 0.403. The third-order valence-electron chi connectivity index (χ3n) is 2.75. The topological polar surface area (TPSA) is 69.6 Å². The van der Waals surface area contributed by atoms with E-state index in [1.54, 1.807) is 6.20 Å². The summed E-state index contributed by atoms with van der Waals surface area (Å²) in [4.78, 5) is 4.96. The summed E-state index contributed by atoms with van der Waals surface area (Å²) in [5.74, 6) is 1.48. The molecule has 94 valence electrons. The first-order valence-electron chi connectivity index (χ1n) is 5.78. The predicted octanol–water partition coefficient (Wildman–Crippen LogP) is 1.64. The molecule has 0 amide bonds. The fourth-order valence-electron chi connectivity index (χ4n) is 2.02. The third kappa shape index (κ3) is 2.17. The molecule has 0 aliphatic heterocycles. The molecule has 0 aliphatic rings. The van der Waals surface area contributed by atoms with Crippen molar-refractivity contribution in [1.29, 1.82) is 0 Å². The van der Waals surface area contributed by atoms with Crippen LogP contribution in [-0.4, -0.2) is 24.7 Å². The van der Waals surface area contributed by atoms with Crippen LogP contribution >= 0.6 is 12.2 Å². The van der Waals surface area contributed by atoms with Crippen molar-refractivity contribution in [2.45, 2.75) is 6.42 Å². The van der Waals surface area contributed by atoms with Crippen LogP contribution in [0.4, 0.5) is 0 Å². The molecule has 5 nitrogen and oxygen atoms in total. The van der Waals surface area contributed by atoms with E-state index in [4.69, 9.17) is 18.0 Å². The number of hydrogen-bond acceptors (Lipinski definition) is 4. The van der Waals surface area contributed by atoms with E-state index < -0.39 is 0 Å². The molecule has 0 saturated carbocycles. The fraction of sp³-hybridized carbons (Fsp3) is 0.0769. The summed E-state index contributed by atoms with van der Waals surface area (Å²) in [5.41, 5.74) is 7.49. The number of hydrogen-bond donors (Lipinski definition) is 1. The summed E-state index contributed by atoms with van der Waals surface area (Å²) in [6.07, 6.45) is 2.07. The lowest BCUT2D eigenvalue weighted by molar-refractivity contribution is 0.883. The Morgan fingerprint density at radius 2 is 2.05 bits per heavy atom. The summed E-state index contributed by atoms with van der Waals surface area (Å²) in [6.45, 7) is 0. The Labute approximate surface area is 115 Å². The quantitative estimate of drug-likeness (QED) is 0.732. The van der Waals surface area contributed by atoms with E-state index in [-0.39, 0.29) is 0 Å². The van der Waals surface area contributed by atoms with Crippen molar-refractivity contribution in [2.75, 3.05) is 0 Å². The summed E-state index contributed by atoms with van der Waals surface area (Å²) < 4.78 is 1.93. The molecule has 0 atom stereocenters. The van der Waals surface area contributed by atoms with Crippen LogP contribution < -0.4 is 5.73 Å². The van der Waals surface area contributed by atoms with Gasteiger partial charge in [-0.05, 0) is 24.3 Å². The second kappa shape index (κ2) is 4.74. The van der Waals surface area contributed by atoms with Gasteiger partial charge in [0.1, 0.15) is 5.82 Å². The van der Waals surface area contributed by atoms with Gasteiger partial charge in [-0.1, -0.05) is 24.4 Å². The lowest BCUT2D eigenvalue weighted by Gasteiger charge is -2.06. The summed E-state index contributed by atoms with van der Waals surface area (Å²) >= 11 is 4.98. The molecule has 0 fully saturated rings. The average molecular weight is 269 g/mol. The SMILES string of the molecule is NC(=S)Cc1nc2ccccc2n1-c1cccnn1. The average Bonchev–Trinajstić information content (AvgIpc) is 2.76. The van der Waals surface area contributed by atoms with Gasteiger partial charge >= 0.3 is 0 Å². The van der Waals surface area contributed by atoms with Crippen molar-refractivity contribution in [1.82, 2.24) is 19.7 Å². The molecule has 2 heterocycles. The molecule has 6 heteroatoms. The van der Waals surface area contributed by atoms with Crippen molar-refractivity contribution in [3.05, 3.63) is 48.4 Å². The first kappa shape index (κ1) is 11.7. The van der Waals surface area contributed by atoms with E-state index in [2.05, 4.69) is 15.2 Å². The molecule has 1 aromatic carbocycles. The number of fused-ring (bicyclic) bond motifs is 1. The summed E-state index contributed by atoms with van der Waals surface area (Å²) in [7, 11) is 0. The zero-order chi connectivity index (χ0) is 13.2. The second-order valence-electron chi connectivity index (χ2n) is 4.08. The van der Waals surface area contributed by atoms with Gasteiger partial charge in [0.05, 0.1) is 22.4 Å². The Morgan fingerprint density at radius 3 is 2.79 bits per heavy atom. The summed E-state index contributed by atoms with van der Waals surface area (Å²) in [5, 5.41) is 8.03. The molecule has 19 heavy (non-hydrogen) atoms. The van der Waals surface area contributed by atoms with Gasteiger partial charge in [-0.25, -0.2) is 4.98 Å². The van der Waals surface area contributed by atoms with Crippen molar-refractivity contribution >= 4 is 28.2 Å². The van der Waals surface area contributed by atoms with E-state index in [1.165, 1.54) is 0 Å². The maximum atomic E-state index is 5.64. The molecule has 2 aromatic heterocycles. The molecule has 3 aromatic rings. The molecule has 0 bridgehead atoms. The number of nitrogens with two attached hydrogens (primary N) is 1. The predicted molar refractivity (Wildman–Crippen MR) is 77.1 cm³/mol. The Balaban J connectivity index is 2.27. The van der Waals surface area contributed by atoms with Crippen LogP contribution in [0.1, 0.15) is 5.82 Å². The molecule has 0 radical (unpaired) electrons. The maximum absolute atomic E-state index is 5.64. The van der Waals surface area contributed by atoms with Gasteiger partial charge in [0, 0.05) is 6.20 Å². The number of benzene rings is 1. The van der Waals surface area contributed by atoms with Gasteiger partial charge < -0.3 is 5.73 Å². The Hall–Kier alpha value is -2.34. The first-order valence-corrected chi connectivity index (χ1v) is 6.19. The van der Waals surface area contributed by atoms with E-state index in [0.29, 0.717) is 17.2 Å². The number of nitrogens with zero attached hydrogens (tertiary/aromatic N) is 4. The molecule has 2 N–H and O–H groups in total. The maximum Gasteiger partial charge on any atom is 0.161 e. The highest BCUT2D eigenvalue weighted by molar-refractivity contribution is 7.80. The molecule has 3 rings (SSSR count). The highest BCUT2D eigenvalue weighted by Gasteiger charge is 2.13. The number of thiocarbonyl (C=S) groups is 1. The third-order valence-corrected chi connectivity index (χ3v) is 2.89. The lowest BCUT2D eigenvalue weighted by Crippen LogP contribution is -2.15. The van der Waals surface area contributed by atoms with Crippen LogP contribution in [0.25, 0.3) is 16.9 Å².